The summed E-state index contributed by atoms with van der Waals surface area (Å²) < 4.78 is 1.64. The predicted octanol–water partition coefficient (Wildman–Crippen LogP) is 3.78. The molecule has 1 saturated heterocycles. The third kappa shape index (κ3) is 3.76. The van der Waals surface area contributed by atoms with E-state index in [2.05, 4.69) is 10.4 Å². The molecule has 2 heterocycles. The smallest absolute Gasteiger partial charge is 0.323 e. The van der Waals surface area contributed by atoms with E-state index >= 15 is 0 Å². The van der Waals surface area contributed by atoms with Gasteiger partial charge in [-0.15, -0.1) is 0 Å². The summed E-state index contributed by atoms with van der Waals surface area (Å²) in [6.45, 7) is 4.74. The van der Waals surface area contributed by atoms with E-state index in [1.807, 2.05) is 13.8 Å². The molecule has 1 aliphatic heterocycles. The van der Waals surface area contributed by atoms with E-state index in [0.717, 1.165) is 24.1 Å². The average molecular weight is 383 g/mol. The van der Waals surface area contributed by atoms with Crippen LogP contribution in [0.5, 0.6) is 0 Å². The molecule has 1 aliphatic rings. The molecule has 6 nitrogen and oxygen atoms in total. The minimum atomic E-state index is -0.470. The van der Waals surface area contributed by atoms with Gasteiger partial charge in [0.15, 0.2) is 0 Å². The number of hydrogen-bond acceptors (Lipinski definition) is 3. The predicted molar refractivity (Wildman–Crippen MR) is 98.9 cm³/mol. The van der Waals surface area contributed by atoms with E-state index in [0.29, 0.717) is 34.6 Å². The van der Waals surface area contributed by atoms with E-state index in [1.165, 1.54) is 0 Å². The van der Waals surface area contributed by atoms with Crippen LogP contribution >= 0.6 is 23.2 Å². The van der Waals surface area contributed by atoms with Crippen LogP contribution in [0, 0.1) is 13.8 Å². The summed E-state index contributed by atoms with van der Waals surface area (Å²) in [6, 6.07) is 4.94. The molecule has 0 aliphatic carbocycles. The minimum Gasteiger partial charge on any atom is -0.391 e. The van der Waals surface area contributed by atoms with Crippen LogP contribution in [-0.2, 0) is 0 Å². The molecule has 0 radical (unpaired) electrons. The highest BCUT2D eigenvalue weighted by atomic mass is 35.5. The summed E-state index contributed by atoms with van der Waals surface area (Å²) in [4.78, 5) is 14.2. The highest BCUT2D eigenvalue weighted by molar-refractivity contribution is 6.42. The number of aryl methyl sites for hydroxylation is 1. The number of piperidine rings is 1. The first-order valence-electron chi connectivity index (χ1n) is 8.12. The summed E-state index contributed by atoms with van der Waals surface area (Å²) in [7, 11) is 0. The Hall–Kier alpha value is -1.76. The van der Waals surface area contributed by atoms with Crippen molar-refractivity contribution in [2.45, 2.75) is 32.8 Å². The zero-order chi connectivity index (χ0) is 18.1. The standard InChI is InChI=1S/C17H20Cl2N4O2/c1-10-11(2)21-23(12-5-6-14(18)15(19)8-12)16(10)20-17(25)22-7-3-4-13(24)9-22/h5-6,8,13,24H,3-4,7,9H2,1-2H3,(H,20,25). The number of rotatable bonds is 2. The maximum Gasteiger partial charge on any atom is 0.323 e. The molecule has 2 aromatic rings. The highest BCUT2D eigenvalue weighted by Crippen LogP contribution is 2.28. The van der Waals surface area contributed by atoms with E-state index in [4.69, 9.17) is 23.2 Å². The maximum atomic E-state index is 12.6. The molecular weight excluding hydrogens is 363 g/mol. The lowest BCUT2D eigenvalue weighted by Crippen LogP contribution is -2.44. The Balaban J connectivity index is 1.90. The first-order valence-corrected chi connectivity index (χ1v) is 8.88. The van der Waals surface area contributed by atoms with Gasteiger partial charge in [-0.1, -0.05) is 23.2 Å². The normalized spacial score (nSPS) is 17.6. The van der Waals surface area contributed by atoms with Gasteiger partial charge in [-0.25, -0.2) is 9.48 Å². The Morgan fingerprint density at radius 3 is 2.76 bits per heavy atom. The molecule has 1 fully saturated rings. The summed E-state index contributed by atoms with van der Waals surface area (Å²) >= 11 is 12.1. The second-order valence-electron chi connectivity index (χ2n) is 6.24. The second kappa shape index (κ2) is 7.23. The van der Waals surface area contributed by atoms with E-state index in [1.54, 1.807) is 27.8 Å². The first kappa shape index (κ1) is 18.0. The number of nitrogens with zero attached hydrogens (tertiary/aromatic N) is 3. The Bertz CT molecular complexity index is 806. The van der Waals surface area contributed by atoms with Gasteiger partial charge in [-0.3, -0.25) is 5.32 Å². The van der Waals surface area contributed by atoms with Crippen molar-refractivity contribution in [2.24, 2.45) is 0 Å². The maximum absolute atomic E-state index is 12.6. The number of aliphatic hydroxyl groups is 1. The van der Waals surface area contributed by atoms with Gasteiger partial charge in [0.2, 0.25) is 0 Å². The van der Waals surface area contributed by atoms with E-state index in [-0.39, 0.29) is 6.03 Å². The molecule has 134 valence electrons. The Morgan fingerprint density at radius 2 is 2.08 bits per heavy atom. The molecular formula is C17H20Cl2N4O2. The molecule has 1 aromatic carbocycles. The monoisotopic (exact) mass is 382 g/mol. The number of urea groups is 1. The lowest BCUT2D eigenvalue weighted by Gasteiger charge is -2.30. The number of benzene rings is 1. The van der Waals surface area contributed by atoms with Crippen molar-refractivity contribution in [3.05, 3.63) is 39.5 Å². The van der Waals surface area contributed by atoms with Crippen LogP contribution in [0.15, 0.2) is 18.2 Å². The fourth-order valence-electron chi connectivity index (χ4n) is 2.88. The number of carbonyl (C=O) groups excluding carboxylic acids is 1. The summed E-state index contributed by atoms with van der Waals surface area (Å²) in [5.41, 5.74) is 2.39. The van der Waals surface area contributed by atoms with Crippen LogP contribution in [0.3, 0.4) is 0 Å². The quantitative estimate of drug-likeness (QED) is 0.829. The van der Waals surface area contributed by atoms with Crippen LogP contribution < -0.4 is 5.32 Å². The van der Waals surface area contributed by atoms with Gasteiger partial charge in [-0.05, 0) is 44.9 Å². The van der Waals surface area contributed by atoms with Crippen molar-refractivity contribution in [1.29, 1.82) is 0 Å². The third-order valence-electron chi connectivity index (χ3n) is 4.42. The number of hydrogen-bond donors (Lipinski definition) is 2. The lowest BCUT2D eigenvalue weighted by molar-refractivity contribution is 0.0883. The minimum absolute atomic E-state index is 0.247. The summed E-state index contributed by atoms with van der Waals surface area (Å²) in [5, 5.41) is 18.1. The molecule has 0 bridgehead atoms. The largest absolute Gasteiger partial charge is 0.391 e. The van der Waals surface area contributed by atoms with Crippen molar-refractivity contribution in [2.75, 3.05) is 18.4 Å². The third-order valence-corrected chi connectivity index (χ3v) is 5.16. The van der Waals surface area contributed by atoms with Crippen molar-refractivity contribution in [1.82, 2.24) is 14.7 Å². The fraction of sp³-hybridized carbons (Fsp3) is 0.412. The van der Waals surface area contributed by atoms with Gasteiger partial charge in [-0.2, -0.15) is 5.10 Å². The van der Waals surface area contributed by atoms with Gasteiger partial charge in [0, 0.05) is 18.7 Å². The van der Waals surface area contributed by atoms with Gasteiger partial charge in [0.25, 0.3) is 0 Å². The van der Waals surface area contributed by atoms with E-state index < -0.39 is 6.10 Å². The SMILES string of the molecule is Cc1nn(-c2ccc(Cl)c(Cl)c2)c(NC(=O)N2CCCC(O)C2)c1C. The molecule has 3 rings (SSSR count). The number of halogens is 2. The lowest BCUT2D eigenvalue weighted by atomic mass is 10.1. The van der Waals surface area contributed by atoms with Crippen molar-refractivity contribution in [3.63, 3.8) is 0 Å². The number of nitrogens with one attached hydrogen (secondary N) is 1. The molecule has 1 atom stereocenters. The Kier molecular flexibility index (Phi) is 5.22. The van der Waals surface area contributed by atoms with Gasteiger partial charge in [0.1, 0.15) is 5.82 Å². The molecule has 1 unspecified atom stereocenters. The van der Waals surface area contributed by atoms with Gasteiger partial charge in [0.05, 0.1) is 27.5 Å². The van der Waals surface area contributed by atoms with Gasteiger partial charge >= 0.3 is 6.03 Å². The molecule has 2 N–H and O–H groups in total. The van der Waals surface area contributed by atoms with Crippen molar-refractivity contribution in [3.8, 4) is 5.69 Å². The van der Waals surface area contributed by atoms with Crippen molar-refractivity contribution >= 4 is 35.1 Å². The number of carbonyl (C=O) groups is 1. The number of aromatic nitrogens is 2. The average Bonchev–Trinajstić information content (AvgIpc) is 2.85. The second-order valence-corrected chi connectivity index (χ2v) is 7.06. The molecule has 1 aromatic heterocycles. The number of β-amino-alcohol motifs (C(OH)–C–C–N with tert-alkyl or cyclic N) is 1. The van der Waals surface area contributed by atoms with Crippen LogP contribution in [0.4, 0.5) is 10.6 Å². The molecule has 0 saturated carbocycles. The topological polar surface area (TPSA) is 70.4 Å². The highest BCUT2D eigenvalue weighted by Gasteiger charge is 2.24. The van der Waals surface area contributed by atoms with Crippen LogP contribution in [-0.4, -0.2) is 45.0 Å². The molecule has 8 heteroatoms. The van der Waals surface area contributed by atoms with Crippen LogP contribution in [0.25, 0.3) is 5.69 Å². The van der Waals surface area contributed by atoms with Gasteiger partial charge < -0.3 is 10.0 Å². The fourth-order valence-corrected chi connectivity index (χ4v) is 3.17. The summed E-state index contributed by atoms with van der Waals surface area (Å²) in [5.74, 6) is 0.584. The first-order chi connectivity index (χ1) is 11.9. The van der Waals surface area contributed by atoms with Crippen LogP contribution in [0.2, 0.25) is 10.0 Å². The Morgan fingerprint density at radius 1 is 1.32 bits per heavy atom. The number of amides is 2. The number of likely N-dealkylation sites (tertiary alicyclic amines) is 1. The Labute approximate surface area is 156 Å². The molecule has 0 spiro atoms. The van der Waals surface area contributed by atoms with Crippen molar-refractivity contribution < 1.29 is 9.90 Å². The zero-order valence-electron chi connectivity index (χ0n) is 14.1. The molecule has 25 heavy (non-hydrogen) atoms. The molecule has 2 amide bonds. The zero-order valence-corrected chi connectivity index (χ0v) is 15.6. The van der Waals surface area contributed by atoms with Crippen LogP contribution in [0.1, 0.15) is 24.1 Å². The number of aliphatic hydroxyl groups excluding tert-OH is 1. The van der Waals surface area contributed by atoms with E-state index in [9.17, 15) is 9.90 Å². The summed E-state index contributed by atoms with van der Waals surface area (Å²) in [6.07, 6.45) is 1.05. The number of anilines is 1.